The first-order valence-corrected chi connectivity index (χ1v) is 28.6. The summed E-state index contributed by atoms with van der Waals surface area (Å²) in [6.07, 6.45) is -10.9. The zero-order valence-electron chi connectivity index (χ0n) is 44.4. The van der Waals surface area contributed by atoms with Gasteiger partial charge < -0.3 is 47.9 Å². The monoisotopic (exact) mass is 1060 g/mol. The molecule has 1 heterocycles. The molecule has 1 aliphatic heterocycles. The van der Waals surface area contributed by atoms with Crippen LogP contribution in [0.2, 0.25) is 18.1 Å². The normalized spacial score (nSPS) is 28.2. The Balaban J connectivity index is 1.33. The molecule has 2 saturated carbocycles. The summed E-state index contributed by atoms with van der Waals surface area (Å²) in [4.78, 5) is 79.9. The second-order valence-electron chi connectivity index (χ2n) is 21.1. The van der Waals surface area contributed by atoms with Crippen molar-refractivity contribution < 1.29 is 71.9 Å². The third-order valence-electron chi connectivity index (χ3n) is 16.7. The number of Topliss-reactive ketones (excluding diaryl/α,β-unsaturated/α-hetero) is 1. The number of carbonyl (C=O) groups excluding carboxylic acids is 5. The fourth-order valence-electron chi connectivity index (χ4n) is 12.1. The van der Waals surface area contributed by atoms with Gasteiger partial charge in [0, 0.05) is 30.7 Å². The number of benzene rings is 4. The van der Waals surface area contributed by atoms with Crippen LogP contribution >= 0.6 is 0 Å². The van der Waals surface area contributed by atoms with Gasteiger partial charge in [-0.05, 0) is 66.4 Å². The van der Waals surface area contributed by atoms with Crippen molar-refractivity contribution in [2.75, 3.05) is 6.61 Å². The van der Waals surface area contributed by atoms with Crippen molar-refractivity contribution >= 4 is 43.9 Å². The van der Waals surface area contributed by atoms with E-state index in [1.54, 1.807) is 113 Å². The van der Waals surface area contributed by atoms with Crippen molar-refractivity contribution in [1.82, 2.24) is 0 Å². The predicted octanol–water partition coefficient (Wildman–Crippen LogP) is 9.01. The van der Waals surface area contributed by atoms with Gasteiger partial charge in [0.15, 0.2) is 31.9 Å². The third kappa shape index (κ3) is 10.4. The van der Waals surface area contributed by atoms with Gasteiger partial charge in [-0.15, -0.1) is 0 Å². The molecule has 3 aliphatic carbocycles. The lowest BCUT2D eigenvalue weighted by Gasteiger charge is -2.68. The summed E-state index contributed by atoms with van der Waals surface area (Å²) >= 11 is 0. The highest BCUT2D eigenvalue weighted by Gasteiger charge is 2.79. The minimum absolute atomic E-state index is 0.00635. The lowest BCUT2D eigenvalue weighted by atomic mass is 9.44. The summed E-state index contributed by atoms with van der Waals surface area (Å²) in [5.41, 5.74) is -5.87. The molecule has 76 heavy (non-hydrogen) atoms. The van der Waals surface area contributed by atoms with Gasteiger partial charge in [-0.25, -0.2) is 14.4 Å². The highest BCUT2D eigenvalue weighted by molar-refractivity contribution is 6.73. The van der Waals surface area contributed by atoms with E-state index in [9.17, 15) is 29.4 Å². The van der Waals surface area contributed by atoms with Crippen molar-refractivity contribution in [2.24, 2.45) is 21.9 Å². The first-order chi connectivity index (χ1) is 36.3. The molecule has 1 saturated heterocycles. The van der Waals surface area contributed by atoms with E-state index in [1.807, 2.05) is 57.2 Å². The van der Waals surface area contributed by atoms with Gasteiger partial charge in [0.1, 0.15) is 42.8 Å². The van der Waals surface area contributed by atoms with E-state index in [2.05, 4.69) is 5.16 Å². The Hall–Kier alpha value is -6.50. The standard InChI is InChI=1S/C59H69NO15Si/c1-9-76(10-2,11-3)75-44-32-45-58(36-69-45,74-38(5)61)50-52(73-53(64)42-30-22-15-23-31-42)59(67)33-43(71-54(65)48(62)47(41-28-20-14-21-29-41)60-70-35-40-26-18-13-19-27-40)37(4)46(56(59,6)7)49(51(63)57(44,50)8)72-55(66)68-34-39-24-16-12-17-25-39/h12-31,43-45,48-50,52,62,67H,9-11,32-36H2,1-8H3/b60-47-/t43-,44-,45+,48-,49+,50?,52-,57+,58-,59+/m0/s1. The van der Waals surface area contributed by atoms with Crippen LogP contribution in [0.5, 0.6) is 0 Å². The summed E-state index contributed by atoms with van der Waals surface area (Å²) in [6.45, 7) is 13.3. The summed E-state index contributed by atoms with van der Waals surface area (Å²) < 4.78 is 45.2. The van der Waals surface area contributed by atoms with E-state index in [1.165, 1.54) is 6.92 Å². The molecular formula is C59H69NO15Si. The number of esters is 3. The van der Waals surface area contributed by atoms with Gasteiger partial charge in [0.05, 0.1) is 29.6 Å². The molecule has 8 rings (SSSR count). The summed E-state index contributed by atoms with van der Waals surface area (Å²) in [5.74, 6) is -5.03. The van der Waals surface area contributed by atoms with Crippen LogP contribution in [-0.2, 0) is 65.3 Å². The third-order valence-corrected chi connectivity index (χ3v) is 21.3. The molecule has 404 valence electrons. The molecule has 10 atom stereocenters. The zero-order valence-corrected chi connectivity index (χ0v) is 45.4. The number of hydrogen-bond donors (Lipinski definition) is 2. The molecule has 4 aromatic carbocycles. The SMILES string of the molecule is CC[Si](CC)(CC)O[C@H]1C[C@H]2OC[C@@]2(OC(C)=O)C2[C@H](OC(=O)c3ccccc3)[C@]3(O)C[C@H](OC(=O)[C@@H](O)/C(=N\OCc4ccccc4)c4ccccc4)C(C)=C([C@@H](OC(=O)OCc4ccccc4)C(=O)[C@@]21C)C3(C)C. The van der Waals surface area contributed by atoms with Crippen LogP contribution in [0, 0.1) is 16.7 Å². The molecule has 3 fully saturated rings. The Bertz CT molecular complexity index is 2800. The van der Waals surface area contributed by atoms with Crippen molar-refractivity contribution in [3.05, 3.63) is 155 Å². The molecule has 0 aromatic heterocycles. The molecule has 16 nitrogen and oxygen atoms in total. The Morgan fingerprint density at radius 3 is 1.87 bits per heavy atom. The minimum atomic E-state index is -2.70. The molecular weight excluding hydrogens is 991 g/mol. The van der Waals surface area contributed by atoms with Crippen LogP contribution in [0.4, 0.5) is 4.79 Å². The summed E-state index contributed by atoms with van der Waals surface area (Å²) in [7, 11) is -2.70. The molecule has 4 aromatic rings. The van der Waals surface area contributed by atoms with Gasteiger partial charge in [-0.1, -0.05) is 149 Å². The van der Waals surface area contributed by atoms with Crippen LogP contribution in [-0.4, -0.2) is 109 Å². The summed E-state index contributed by atoms with van der Waals surface area (Å²) in [6, 6.07) is 36.6. The number of hydrogen-bond acceptors (Lipinski definition) is 16. The van der Waals surface area contributed by atoms with Gasteiger partial charge >= 0.3 is 24.1 Å². The quantitative estimate of drug-likeness (QED) is 0.0238. The minimum Gasteiger partial charge on any atom is -0.456 e. The topological polar surface area (TPSA) is 212 Å². The van der Waals surface area contributed by atoms with Crippen LogP contribution in [0.15, 0.2) is 138 Å². The maximum Gasteiger partial charge on any atom is 0.509 e. The Morgan fingerprint density at radius 2 is 1.33 bits per heavy atom. The largest absolute Gasteiger partial charge is 0.509 e. The fourth-order valence-corrected chi connectivity index (χ4v) is 15.0. The van der Waals surface area contributed by atoms with E-state index in [4.69, 9.17) is 37.7 Å². The highest BCUT2D eigenvalue weighted by atomic mass is 28.4. The second-order valence-corrected chi connectivity index (χ2v) is 25.8. The van der Waals surface area contributed by atoms with Crippen LogP contribution < -0.4 is 0 Å². The number of fused-ring (bicyclic) bond motifs is 5. The Kier molecular flexibility index (Phi) is 16.6. The van der Waals surface area contributed by atoms with Gasteiger partial charge in [0.25, 0.3) is 0 Å². The Morgan fingerprint density at radius 1 is 0.776 bits per heavy atom. The number of oxime groups is 1. The maximum absolute atomic E-state index is 16.7. The number of nitrogens with zero attached hydrogens (tertiary/aromatic N) is 1. The average Bonchev–Trinajstić information content (AvgIpc) is 3.61. The van der Waals surface area contributed by atoms with Crippen molar-refractivity contribution in [3.8, 4) is 0 Å². The lowest BCUT2D eigenvalue weighted by Crippen LogP contribution is -2.82. The molecule has 2 N–H and O–H groups in total. The van der Waals surface area contributed by atoms with Gasteiger partial charge in [-0.3, -0.25) is 9.59 Å². The van der Waals surface area contributed by atoms with Crippen molar-refractivity contribution in [3.63, 3.8) is 0 Å². The van der Waals surface area contributed by atoms with E-state index < -0.39 is 109 Å². The predicted molar refractivity (Wildman–Crippen MR) is 281 cm³/mol. The van der Waals surface area contributed by atoms with Gasteiger partial charge in [0.2, 0.25) is 0 Å². The maximum atomic E-state index is 16.7. The van der Waals surface area contributed by atoms with Crippen LogP contribution in [0.1, 0.15) is 95.3 Å². The molecule has 0 radical (unpaired) electrons. The number of carbonyl (C=O) groups is 5. The smallest absolute Gasteiger partial charge is 0.456 e. The number of ketones is 1. The Labute approximate surface area is 444 Å². The van der Waals surface area contributed by atoms with Crippen molar-refractivity contribution in [2.45, 2.75) is 147 Å². The number of aliphatic hydroxyl groups is 2. The number of rotatable bonds is 18. The highest BCUT2D eigenvalue weighted by Crippen LogP contribution is 2.65. The number of ether oxygens (including phenoxy) is 6. The lowest BCUT2D eigenvalue weighted by molar-refractivity contribution is -0.344. The molecule has 17 heteroatoms. The zero-order chi connectivity index (χ0) is 54.6. The number of aliphatic hydroxyl groups excluding tert-OH is 1. The molecule has 2 bridgehead atoms. The molecule has 1 unspecified atom stereocenters. The first kappa shape index (κ1) is 55.7. The van der Waals surface area contributed by atoms with Crippen molar-refractivity contribution in [1.29, 1.82) is 0 Å². The van der Waals surface area contributed by atoms with Crippen LogP contribution in [0.25, 0.3) is 0 Å². The van der Waals surface area contributed by atoms with E-state index in [0.717, 1.165) is 5.56 Å². The van der Waals surface area contributed by atoms with E-state index in [0.29, 0.717) is 29.3 Å². The second kappa shape index (κ2) is 22.6. The first-order valence-electron chi connectivity index (χ1n) is 26.1. The average molecular weight is 1060 g/mol. The van der Waals surface area contributed by atoms with E-state index in [-0.39, 0.29) is 48.7 Å². The fraction of sp³-hybridized carbons (Fsp3) is 0.458. The molecule has 4 aliphatic rings. The van der Waals surface area contributed by atoms with E-state index >= 15 is 4.79 Å². The molecule has 0 amide bonds. The summed E-state index contributed by atoms with van der Waals surface area (Å²) in [5, 5.41) is 30.5. The molecule has 0 spiro atoms. The van der Waals surface area contributed by atoms with Crippen LogP contribution in [0.3, 0.4) is 0 Å². The van der Waals surface area contributed by atoms with Gasteiger partial charge in [-0.2, -0.15) is 0 Å².